The van der Waals surface area contributed by atoms with Gasteiger partial charge >= 0.3 is 0 Å². The van der Waals surface area contributed by atoms with E-state index in [1.54, 1.807) is 0 Å². The van der Waals surface area contributed by atoms with Crippen molar-refractivity contribution in [2.75, 3.05) is 0 Å². The Hall–Kier alpha value is -0.420. The number of halogens is 4. The number of benzene rings is 3. The third-order valence-electron chi connectivity index (χ3n) is 4.34. The zero-order valence-corrected chi connectivity index (χ0v) is 20.2. The van der Waals surface area contributed by atoms with Gasteiger partial charge in [-0.3, -0.25) is 0 Å². The lowest BCUT2D eigenvalue weighted by Gasteiger charge is -2.25. The maximum absolute atomic E-state index is 3.93. The molecule has 0 unspecified atom stereocenters. The minimum absolute atomic E-state index is 0.164. The van der Waals surface area contributed by atoms with E-state index in [1.807, 2.05) is 12.1 Å². The second-order valence-corrected chi connectivity index (χ2v) is 10.0. The van der Waals surface area contributed by atoms with E-state index in [0.717, 1.165) is 0 Å². The minimum atomic E-state index is 0.164. The van der Waals surface area contributed by atoms with Gasteiger partial charge in [-0.15, -0.1) is 0 Å². The lowest BCUT2D eigenvalue weighted by molar-refractivity contribution is 0.873. The number of rotatable bonds is 6. The van der Waals surface area contributed by atoms with Crippen LogP contribution in [0.25, 0.3) is 0 Å². The summed E-state index contributed by atoms with van der Waals surface area (Å²) in [6, 6.07) is 29.6. The Bertz CT molecular complexity index is 749. The van der Waals surface area contributed by atoms with E-state index in [-0.39, 0.29) is 19.3 Å². The molecular weight excluding hydrogens is 584 g/mol. The average Bonchev–Trinajstić information content (AvgIpc) is 2.73. The number of hydrogen-bond donors (Lipinski definition) is 0. The standard InChI is InChI=1S/C22H18Br4/c23-19(15-9-3-1-4-10-15)21(25)17-13-7-8-14-18(17)22(26)20(24)16-11-5-2-6-12-16/h1-14,19-22H/t19-,20-,21-,22+/m1/s1. The van der Waals surface area contributed by atoms with Crippen LogP contribution in [0.1, 0.15) is 41.6 Å². The summed E-state index contributed by atoms with van der Waals surface area (Å²) in [5, 5.41) is 0. The normalized spacial score (nSPS) is 15.8. The van der Waals surface area contributed by atoms with Crippen molar-refractivity contribution in [1.29, 1.82) is 0 Å². The Morgan fingerprint density at radius 2 is 0.692 bits per heavy atom. The molecule has 0 fully saturated rings. The van der Waals surface area contributed by atoms with E-state index in [0.29, 0.717) is 0 Å². The molecule has 0 saturated heterocycles. The Morgan fingerprint density at radius 1 is 0.385 bits per heavy atom. The quantitative estimate of drug-likeness (QED) is 0.248. The molecule has 0 radical (unpaired) electrons. The van der Waals surface area contributed by atoms with E-state index in [2.05, 4.69) is 137 Å². The first-order valence-corrected chi connectivity index (χ1v) is 12.0. The monoisotopic (exact) mass is 598 g/mol. The molecule has 3 aromatic rings. The van der Waals surface area contributed by atoms with Crippen molar-refractivity contribution in [1.82, 2.24) is 0 Å². The van der Waals surface area contributed by atoms with E-state index >= 15 is 0 Å². The molecule has 26 heavy (non-hydrogen) atoms. The van der Waals surface area contributed by atoms with Gasteiger partial charge in [0.25, 0.3) is 0 Å². The van der Waals surface area contributed by atoms with Crippen LogP contribution in [0.5, 0.6) is 0 Å². The van der Waals surface area contributed by atoms with Gasteiger partial charge in [0.1, 0.15) is 0 Å². The maximum Gasteiger partial charge on any atom is 0.0564 e. The molecule has 0 saturated carbocycles. The van der Waals surface area contributed by atoms with E-state index in [4.69, 9.17) is 0 Å². The van der Waals surface area contributed by atoms with Gasteiger partial charge in [0, 0.05) is 0 Å². The average molecular weight is 602 g/mol. The molecule has 3 aromatic carbocycles. The smallest absolute Gasteiger partial charge is 0.0564 e. The summed E-state index contributed by atoms with van der Waals surface area (Å²) in [5.74, 6) is 0. The van der Waals surface area contributed by atoms with Crippen LogP contribution in [0.3, 0.4) is 0 Å². The zero-order chi connectivity index (χ0) is 18.5. The third-order valence-corrected chi connectivity index (χ3v) is 9.92. The topological polar surface area (TPSA) is 0 Å². The second-order valence-electron chi connectivity index (χ2n) is 6.06. The van der Waals surface area contributed by atoms with Crippen molar-refractivity contribution in [3.05, 3.63) is 107 Å². The molecule has 0 N–H and O–H groups in total. The van der Waals surface area contributed by atoms with E-state index < -0.39 is 0 Å². The van der Waals surface area contributed by atoms with Crippen molar-refractivity contribution >= 4 is 63.7 Å². The molecule has 0 bridgehead atoms. The third kappa shape index (κ3) is 4.70. The van der Waals surface area contributed by atoms with Crippen LogP contribution in [0.2, 0.25) is 0 Å². The Labute approximate surface area is 188 Å². The summed E-state index contributed by atoms with van der Waals surface area (Å²) < 4.78 is 0. The molecule has 134 valence electrons. The highest BCUT2D eigenvalue weighted by molar-refractivity contribution is 9.12. The molecule has 4 heteroatoms. The molecule has 3 rings (SSSR count). The molecule has 0 nitrogen and oxygen atoms in total. The highest BCUT2D eigenvalue weighted by Gasteiger charge is 2.27. The first-order valence-electron chi connectivity index (χ1n) is 8.34. The summed E-state index contributed by atoms with van der Waals surface area (Å²) in [6.07, 6.45) is 0. The zero-order valence-electron chi connectivity index (χ0n) is 13.9. The van der Waals surface area contributed by atoms with Crippen LogP contribution >= 0.6 is 63.7 Å². The van der Waals surface area contributed by atoms with Crippen LogP contribution < -0.4 is 0 Å². The number of alkyl halides is 4. The summed E-state index contributed by atoms with van der Waals surface area (Å²) in [6.45, 7) is 0. The van der Waals surface area contributed by atoms with Gasteiger partial charge in [0.2, 0.25) is 0 Å². The summed E-state index contributed by atoms with van der Waals surface area (Å²) in [5.41, 5.74) is 5.07. The molecule has 0 aliphatic carbocycles. The minimum Gasteiger partial charge on any atom is -0.0823 e. The Morgan fingerprint density at radius 3 is 1.04 bits per heavy atom. The highest BCUT2D eigenvalue weighted by atomic mass is 79.9. The fraction of sp³-hybridized carbons (Fsp3) is 0.182. The molecule has 0 aliphatic rings. The molecule has 0 heterocycles. The molecule has 4 atom stereocenters. The summed E-state index contributed by atoms with van der Waals surface area (Å²) in [4.78, 5) is 0.707. The molecule has 0 amide bonds. The predicted molar refractivity (Wildman–Crippen MR) is 126 cm³/mol. The van der Waals surface area contributed by atoms with E-state index in [9.17, 15) is 0 Å². The first-order chi connectivity index (χ1) is 12.6. The van der Waals surface area contributed by atoms with Crippen molar-refractivity contribution in [2.24, 2.45) is 0 Å². The molecule has 0 spiro atoms. The summed E-state index contributed by atoms with van der Waals surface area (Å²) in [7, 11) is 0. The fourth-order valence-electron chi connectivity index (χ4n) is 2.94. The van der Waals surface area contributed by atoms with Crippen molar-refractivity contribution < 1.29 is 0 Å². The van der Waals surface area contributed by atoms with Crippen LogP contribution in [-0.4, -0.2) is 0 Å². The second kappa shape index (κ2) is 9.68. The molecule has 0 aromatic heterocycles. The SMILES string of the molecule is Br[C@H](c1ccccc1)[C@H](Br)c1ccccc1[C@H](Br)[C@H](Br)c1ccccc1. The molecule has 0 aliphatic heterocycles. The largest absolute Gasteiger partial charge is 0.0823 e. The summed E-state index contributed by atoms with van der Waals surface area (Å²) >= 11 is 15.6. The van der Waals surface area contributed by atoms with Crippen molar-refractivity contribution in [3.8, 4) is 0 Å². The van der Waals surface area contributed by atoms with Gasteiger partial charge in [0.15, 0.2) is 0 Å². The van der Waals surface area contributed by atoms with Crippen molar-refractivity contribution in [3.63, 3.8) is 0 Å². The lowest BCUT2D eigenvalue weighted by atomic mass is 9.95. The fourth-order valence-corrected chi connectivity index (χ4v) is 5.56. The van der Waals surface area contributed by atoms with Gasteiger partial charge in [-0.1, -0.05) is 149 Å². The van der Waals surface area contributed by atoms with Crippen LogP contribution in [0.4, 0.5) is 0 Å². The van der Waals surface area contributed by atoms with Gasteiger partial charge in [-0.2, -0.15) is 0 Å². The van der Waals surface area contributed by atoms with Gasteiger partial charge in [-0.25, -0.2) is 0 Å². The van der Waals surface area contributed by atoms with Crippen LogP contribution in [0.15, 0.2) is 84.9 Å². The van der Waals surface area contributed by atoms with Crippen molar-refractivity contribution in [2.45, 2.75) is 19.3 Å². The van der Waals surface area contributed by atoms with Gasteiger partial charge < -0.3 is 0 Å². The Kier molecular flexibility index (Phi) is 7.56. The van der Waals surface area contributed by atoms with E-state index in [1.165, 1.54) is 22.3 Å². The molecular formula is C22H18Br4. The highest BCUT2D eigenvalue weighted by Crippen LogP contribution is 2.49. The van der Waals surface area contributed by atoms with Crippen LogP contribution in [0, 0.1) is 0 Å². The Balaban J connectivity index is 1.90. The maximum atomic E-state index is 3.93. The van der Waals surface area contributed by atoms with Gasteiger partial charge in [0.05, 0.1) is 19.3 Å². The number of hydrogen-bond acceptors (Lipinski definition) is 0. The van der Waals surface area contributed by atoms with Gasteiger partial charge in [-0.05, 0) is 22.3 Å². The lowest BCUT2D eigenvalue weighted by Crippen LogP contribution is -2.07. The predicted octanol–water partition coefficient (Wildman–Crippen LogP) is 8.83. The first kappa shape index (κ1) is 20.3. The van der Waals surface area contributed by atoms with Crippen LogP contribution in [-0.2, 0) is 0 Å².